The summed E-state index contributed by atoms with van der Waals surface area (Å²) in [7, 11) is 0. The van der Waals surface area contributed by atoms with Crippen LogP contribution in [0.15, 0.2) is 35.4 Å². The summed E-state index contributed by atoms with van der Waals surface area (Å²) in [6.07, 6.45) is 1.02. The Bertz CT molecular complexity index is 768. The average molecular weight is 328 g/mol. The smallest absolute Gasteiger partial charge is 0.312 e. The van der Waals surface area contributed by atoms with Crippen LogP contribution in [0.2, 0.25) is 5.02 Å². The number of hydrazone groups is 1. The van der Waals surface area contributed by atoms with E-state index in [-0.39, 0.29) is 16.3 Å². The molecule has 0 heterocycles. The number of rotatable bonds is 4. The van der Waals surface area contributed by atoms with Crippen LogP contribution in [0.5, 0.6) is 5.75 Å². The Labute approximate surface area is 127 Å². The van der Waals surface area contributed by atoms with Crippen LogP contribution in [0.3, 0.4) is 0 Å². The Hall–Kier alpha value is -2.74. The summed E-state index contributed by atoms with van der Waals surface area (Å²) in [5.74, 6) is -2.23. The molecule has 0 aliphatic heterocycles. The second-order valence-corrected chi connectivity index (χ2v) is 4.55. The van der Waals surface area contributed by atoms with Crippen molar-refractivity contribution in [3.8, 4) is 5.75 Å². The highest BCUT2D eigenvalue weighted by Crippen LogP contribution is 2.32. The maximum absolute atomic E-state index is 13.4. The van der Waals surface area contributed by atoms with Crippen molar-refractivity contribution in [3.63, 3.8) is 0 Å². The number of nitrogens with one attached hydrogen (secondary N) is 1. The van der Waals surface area contributed by atoms with E-state index in [1.165, 1.54) is 6.07 Å². The van der Waals surface area contributed by atoms with E-state index in [2.05, 4.69) is 10.5 Å². The molecule has 22 heavy (non-hydrogen) atoms. The van der Waals surface area contributed by atoms with Gasteiger partial charge in [0, 0.05) is 22.7 Å². The lowest BCUT2D eigenvalue weighted by Gasteiger charge is -2.03. The monoisotopic (exact) mass is 327 g/mol. The van der Waals surface area contributed by atoms with Crippen molar-refractivity contribution >= 4 is 29.2 Å². The van der Waals surface area contributed by atoms with Gasteiger partial charge in [0.05, 0.1) is 16.8 Å². The summed E-state index contributed by atoms with van der Waals surface area (Å²) in [5, 5.41) is 24.1. The third-order valence-electron chi connectivity index (χ3n) is 2.60. The quantitative estimate of drug-likeness (QED) is 0.509. The van der Waals surface area contributed by atoms with Gasteiger partial charge in [-0.2, -0.15) is 5.10 Å². The highest BCUT2D eigenvalue weighted by Gasteiger charge is 2.17. The number of phenolic OH excluding ortho intramolecular Hbond substituents is 1. The molecule has 0 bridgehead atoms. The molecule has 2 aromatic rings. The lowest BCUT2D eigenvalue weighted by atomic mass is 10.2. The number of phenols is 1. The van der Waals surface area contributed by atoms with Crippen molar-refractivity contribution in [2.75, 3.05) is 5.43 Å². The maximum atomic E-state index is 13.4. The van der Waals surface area contributed by atoms with E-state index in [4.69, 9.17) is 11.6 Å². The van der Waals surface area contributed by atoms with Gasteiger partial charge in [-0.25, -0.2) is 8.78 Å². The number of nitrogens with zero attached hydrogens (tertiary/aromatic N) is 2. The molecule has 114 valence electrons. The van der Waals surface area contributed by atoms with Crippen LogP contribution in [-0.2, 0) is 0 Å². The van der Waals surface area contributed by atoms with Crippen molar-refractivity contribution in [2.45, 2.75) is 0 Å². The van der Waals surface area contributed by atoms with Gasteiger partial charge < -0.3 is 5.11 Å². The minimum atomic E-state index is -0.863. The first-order chi connectivity index (χ1) is 10.4. The molecule has 0 saturated carbocycles. The molecular weight excluding hydrogens is 320 g/mol. The van der Waals surface area contributed by atoms with E-state index in [9.17, 15) is 24.0 Å². The van der Waals surface area contributed by atoms with Crippen molar-refractivity contribution in [1.29, 1.82) is 0 Å². The minimum absolute atomic E-state index is 0.0268. The van der Waals surface area contributed by atoms with Crippen LogP contribution < -0.4 is 5.43 Å². The molecule has 9 heteroatoms. The number of halogens is 3. The highest BCUT2D eigenvalue weighted by atomic mass is 35.5. The molecular formula is C13H8ClF2N3O3. The van der Waals surface area contributed by atoms with Gasteiger partial charge in [0.25, 0.3) is 0 Å². The third-order valence-corrected chi connectivity index (χ3v) is 2.82. The molecule has 2 rings (SSSR count). The van der Waals surface area contributed by atoms with Gasteiger partial charge in [-0.1, -0.05) is 11.6 Å². The van der Waals surface area contributed by atoms with Crippen molar-refractivity contribution in [3.05, 3.63) is 62.7 Å². The zero-order chi connectivity index (χ0) is 16.3. The van der Waals surface area contributed by atoms with E-state index in [1.54, 1.807) is 0 Å². The standard InChI is InChI=1S/C13H8ClF2N3O3/c14-8-3-7(13(20)12(4-8)19(21)22)6-17-18-11-2-1-9(15)5-10(11)16/h1-6,18,20H/b17-6-. The van der Waals surface area contributed by atoms with E-state index >= 15 is 0 Å². The fourth-order valence-corrected chi connectivity index (χ4v) is 1.82. The maximum Gasteiger partial charge on any atom is 0.312 e. The van der Waals surface area contributed by atoms with Crippen LogP contribution in [0.4, 0.5) is 20.2 Å². The lowest BCUT2D eigenvalue weighted by molar-refractivity contribution is -0.385. The molecule has 0 aromatic heterocycles. The van der Waals surface area contributed by atoms with Crippen LogP contribution in [0.25, 0.3) is 0 Å². The summed E-state index contributed by atoms with van der Waals surface area (Å²) in [6, 6.07) is 5.06. The molecule has 0 aliphatic carbocycles. The number of hydrogen-bond acceptors (Lipinski definition) is 5. The molecule has 0 radical (unpaired) electrons. The number of benzene rings is 2. The predicted molar refractivity (Wildman–Crippen MR) is 77.3 cm³/mol. The summed E-state index contributed by atoms with van der Waals surface area (Å²) in [6.45, 7) is 0. The van der Waals surface area contributed by atoms with Crippen LogP contribution in [-0.4, -0.2) is 16.2 Å². The Balaban J connectivity index is 2.25. The molecule has 0 spiro atoms. The number of nitro groups is 1. The van der Waals surface area contributed by atoms with E-state index in [1.807, 2.05) is 0 Å². The van der Waals surface area contributed by atoms with Crippen LogP contribution in [0.1, 0.15) is 5.56 Å². The fourth-order valence-electron chi connectivity index (χ4n) is 1.59. The average Bonchev–Trinajstić information content (AvgIpc) is 2.44. The Morgan fingerprint density at radius 1 is 1.32 bits per heavy atom. The minimum Gasteiger partial charge on any atom is -0.502 e. The van der Waals surface area contributed by atoms with Crippen molar-refractivity contribution in [2.24, 2.45) is 5.10 Å². The molecule has 0 saturated heterocycles. The first-order valence-electron chi connectivity index (χ1n) is 5.79. The van der Waals surface area contributed by atoms with Crippen molar-refractivity contribution in [1.82, 2.24) is 0 Å². The summed E-state index contributed by atoms with van der Waals surface area (Å²) < 4.78 is 26.1. The fraction of sp³-hybridized carbons (Fsp3) is 0. The third kappa shape index (κ3) is 3.47. The molecule has 0 unspecified atom stereocenters. The summed E-state index contributed by atoms with van der Waals surface area (Å²) in [5.41, 5.74) is 1.57. The first kappa shape index (κ1) is 15.6. The van der Waals surface area contributed by atoms with Crippen LogP contribution in [0, 0.1) is 21.7 Å². The number of aromatic hydroxyl groups is 1. The first-order valence-corrected chi connectivity index (χ1v) is 6.17. The zero-order valence-corrected chi connectivity index (χ0v) is 11.5. The molecule has 2 N–H and O–H groups in total. The predicted octanol–water partition coefficient (Wildman–Crippen LogP) is 3.68. The van der Waals surface area contributed by atoms with Crippen molar-refractivity contribution < 1.29 is 18.8 Å². The molecule has 0 atom stereocenters. The van der Waals surface area contributed by atoms with Gasteiger partial charge in [0.15, 0.2) is 5.82 Å². The second-order valence-electron chi connectivity index (χ2n) is 4.11. The summed E-state index contributed by atoms with van der Waals surface area (Å²) >= 11 is 5.71. The van der Waals surface area contributed by atoms with Gasteiger partial charge >= 0.3 is 5.69 Å². The Morgan fingerprint density at radius 3 is 2.68 bits per heavy atom. The molecule has 2 aromatic carbocycles. The lowest BCUT2D eigenvalue weighted by Crippen LogP contribution is -1.96. The largest absolute Gasteiger partial charge is 0.502 e. The number of anilines is 1. The second kappa shape index (κ2) is 6.35. The van der Waals surface area contributed by atoms with Gasteiger partial charge in [0.2, 0.25) is 5.75 Å². The Kier molecular flexibility index (Phi) is 4.52. The normalized spacial score (nSPS) is 10.9. The van der Waals surface area contributed by atoms with E-state index < -0.39 is 28.0 Å². The molecule has 0 aliphatic rings. The van der Waals surface area contributed by atoms with Gasteiger partial charge in [-0.05, 0) is 18.2 Å². The number of hydrogen-bond donors (Lipinski definition) is 2. The van der Waals surface area contributed by atoms with E-state index in [0.717, 1.165) is 24.4 Å². The van der Waals surface area contributed by atoms with Gasteiger partial charge in [-0.3, -0.25) is 15.5 Å². The van der Waals surface area contributed by atoms with Crippen LogP contribution >= 0.6 is 11.6 Å². The molecule has 0 fully saturated rings. The number of nitro benzene ring substituents is 1. The Morgan fingerprint density at radius 2 is 2.05 bits per heavy atom. The molecule has 0 amide bonds. The topological polar surface area (TPSA) is 87.8 Å². The zero-order valence-electron chi connectivity index (χ0n) is 10.8. The van der Waals surface area contributed by atoms with Gasteiger partial charge in [0.1, 0.15) is 5.82 Å². The summed E-state index contributed by atoms with van der Waals surface area (Å²) in [4.78, 5) is 9.94. The van der Waals surface area contributed by atoms with Gasteiger partial charge in [-0.15, -0.1) is 0 Å². The SMILES string of the molecule is O=[N+]([O-])c1cc(Cl)cc(/C=N\Nc2ccc(F)cc2F)c1O. The van der Waals surface area contributed by atoms with E-state index in [0.29, 0.717) is 6.07 Å². The molecule has 6 nitrogen and oxygen atoms in total. The highest BCUT2D eigenvalue weighted by molar-refractivity contribution is 6.31.